The van der Waals surface area contributed by atoms with E-state index in [9.17, 15) is 19.4 Å². The molecule has 0 spiro atoms. The summed E-state index contributed by atoms with van der Waals surface area (Å²) in [6.45, 7) is -5.54. The number of imidazole rings is 1. The summed E-state index contributed by atoms with van der Waals surface area (Å²) < 4.78 is 66.6. The Morgan fingerprint density at radius 2 is 1.89 bits per heavy atom. The van der Waals surface area contributed by atoms with Crippen LogP contribution in [0.4, 0.5) is 20.5 Å². The van der Waals surface area contributed by atoms with Crippen LogP contribution in [-0.4, -0.2) is 104 Å². The molecule has 236 valence electrons. The number of nitrogen functional groups attached to an aromatic ring is 2. The number of thiol groups is 1. The van der Waals surface area contributed by atoms with Gasteiger partial charge in [-0.05, 0) is 16.4 Å². The van der Waals surface area contributed by atoms with Gasteiger partial charge in [-0.2, -0.15) is 9.67 Å². The standard InChI is InChI=1S/C19H21F2N11O8P2S2/c20-7-5(1-37-41(35)43)39-18(31-4-26-10-15(31)27-19(23)28-16(10)34)12(7)42(36,44)38-2-6-11(33)8(21)17(40-6)32-14-9(29-30-32)13(22)24-3-25-14/h3-8,11-12,17-18,33H,1-2H2,(H6-,22,23,24,25,27,28,30,34,35,36,43,44)/p+1. The molecule has 4 aromatic heterocycles. The van der Waals surface area contributed by atoms with E-state index in [-0.39, 0.29) is 34.1 Å². The Bertz CT molecular complexity index is 1850. The third kappa shape index (κ3) is 5.46. The van der Waals surface area contributed by atoms with Crippen LogP contribution < -0.4 is 17.0 Å². The van der Waals surface area contributed by atoms with E-state index in [1.54, 1.807) is 0 Å². The van der Waals surface area contributed by atoms with Crippen LogP contribution in [0.3, 0.4) is 0 Å². The lowest BCUT2D eigenvalue weighted by Crippen LogP contribution is -2.34. The van der Waals surface area contributed by atoms with Crippen LogP contribution in [0.2, 0.25) is 0 Å². The number of hydrogen-bond acceptors (Lipinski definition) is 16. The van der Waals surface area contributed by atoms with E-state index in [2.05, 4.69) is 47.5 Å². The molecular formula is C19H22F2N11O8P2S2+. The summed E-state index contributed by atoms with van der Waals surface area (Å²) >= 11 is 9.00. The minimum atomic E-state index is -4.30. The maximum atomic E-state index is 15.9. The molecule has 2 aliphatic rings. The molecule has 19 nitrogen and oxygen atoms in total. The fourth-order valence-corrected chi connectivity index (χ4v) is 7.88. The number of fused-ring (bicyclic) bond motifs is 2. The molecule has 0 amide bonds. The highest BCUT2D eigenvalue weighted by molar-refractivity contribution is 8.39. The van der Waals surface area contributed by atoms with Crippen molar-refractivity contribution in [2.75, 3.05) is 24.7 Å². The Morgan fingerprint density at radius 3 is 2.64 bits per heavy atom. The molecule has 2 fully saturated rings. The number of anilines is 2. The molecule has 2 aliphatic heterocycles. The molecule has 25 heteroatoms. The lowest BCUT2D eigenvalue weighted by molar-refractivity contribution is -0.0475. The Balaban J connectivity index is 1.26. The molecule has 10 atom stereocenters. The van der Waals surface area contributed by atoms with Crippen molar-refractivity contribution in [3.63, 3.8) is 0 Å². The van der Waals surface area contributed by atoms with E-state index in [0.29, 0.717) is 0 Å². The first kappa shape index (κ1) is 31.1. The summed E-state index contributed by atoms with van der Waals surface area (Å²) in [6.07, 6.45) is -9.58. The zero-order valence-corrected chi connectivity index (χ0v) is 25.3. The SMILES string of the molecule is Nc1nc2c(ncn2C2OC(CO[P+](=O)S)C(F)C2P(O)(=S)OCC2OC(n3nnc4c(N)ncnc43)C(F)C2O)c(=O)[nH]1. The van der Waals surface area contributed by atoms with Crippen molar-refractivity contribution in [1.29, 1.82) is 0 Å². The van der Waals surface area contributed by atoms with Gasteiger partial charge >= 0.3 is 7.23 Å². The molecule has 2 saturated heterocycles. The number of nitrogens with two attached hydrogens (primary N) is 2. The molecule has 0 radical (unpaired) electrons. The van der Waals surface area contributed by atoms with E-state index in [1.807, 2.05) is 0 Å². The zero-order valence-electron chi connectivity index (χ0n) is 21.8. The molecule has 0 aromatic carbocycles. The lowest BCUT2D eigenvalue weighted by atomic mass is 10.1. The number of aromatic amines is 1. The van der Waals surface area contributed by atoms with Gasteiger partial charge in [-0.3, -0.25) is 14.3 Å². The van der Waals surface area contributed by atoms with Crippen LogP contribution in [0, 0.1) is 0 Å². The largest absolute Gasteiger partial charge is 0.582 e. The van der Waals surface area contributed by atoms with Gasteiger partial charge in [-0.25, -0.2) is 23.7 Å². The molecule has 44 heavy (non-hydrogen) atoms. The Morgan fingerprint density at radius 1 is 1.14 bits per heavy atom. The van der Waals surface area contributed by atoms with Gasteiger partial charge < -0.3 is 35.5 Å². The average molecular weight is 697 g/mol. The van der Waals surface area contributed by atoms with E-state index >= 15 is 8.78 Å². The van der Waals surface area contributed by atoms with Crippen molar-refractivity contribution in [1.82, 2.24) is 44.5 Å². The normalized spacial score (nSPS) is 30.7. The number of ether oxygens (including phenoxy) is 2. The van der Waals surface area contributed by atoms with Crippen molar-refractivity contribution in [2.45, 2.75) is 48.8 Å². The number of rotatable bonds is 9. The summed E-state index contributed by atoms with van der Waals surface area (Å²) in [5.41, 5.74) is 8.90. The average Bonchev–Trinajstić information content (AvgIpc) is 3.72. The molecule has 10 unspecified atom stereocenters. The van der Waals surface area contributed by atoms with Crippen molar-refractivity contribution < 1.29 is 41.9 Å². The molecule has 0 aliphatic carbocycles. The van der Waals surface area contributed by atoms with Gasteiger partial charge in [0.15, 0.2) is 53.3 Å². The molecular weight excluding hydrogens is 674 g/mol. The van der Waals surface area contributed by atoms with Gasteiger partial charge in [0.25, 0.3) is 5.56 Å². The second kappa shape index (κ2) is 11.8. The fourth-order valence-electron chi connectivity index (χ4n) is 4.94. The molecule has 6 heterocycles. The monoisotopic (exact) mass is 696 g/mol. The maximum Gasteiger partial charge on any atom is 0.582 e. The van der Waals surface area contributed by atoms with Gasteiger partial charge in [0.1, 0.15) is 55.3 Å². The Labute approximate surface area is 254 Å². The van der Waals surface area contributed by atoms with E-state index < -0.39 is 81.3 Å². The van der Waals surface area contributed by atoms with Crippen LogP contribution >= 0.6 is 26.0 Å². The van der Waals surface area contributed by atoms with Crippen molar-refractivity contribution in [3.05, 3.63) is 23.0 Å². The van der Waals surface area contributed by atoms with Crippen molar-refractivity contribution >= 4 is 71.9 Å². The van der Waals surface area contributed by atoms with Gasteiger partial charge in [-0.1, -0.05) is 5.21 Å². The first-order chi connectivity index (χ1) is 20.9. The van der Waals surface area contributed by atoms with E-state index in [0.717, 1.165) is 21.9 Å². The number of aliphatic hydroxyl groups excluding tert-OH is 1. The van der Waals surface area contributed by atoms with Crippen LogP contribution in [0.1, 0.15) is 12.5 Å². The summed E-state index contributed by atoms with van der Waals surface area (Å²) in [5, 5.41) is 18.2. The second-order valence-electron chi connectivity index (χ2n) is 9.63. The van der Waals surface area contributed by atoms with Crippen LogP contribution in [0.25, 0.3) is 22.3 Å². The van der Waals surface area contributed by atoms with E-state index in [1.165, 1.54) is 0 Å². The van der Waals surface area contributed by atoms with Gasteiger partial charge in [0, 0.05) is 0 Å². The predicted octanol–water partition coefficient (Wildman–Crippen LogP) is -0.358. The molecule has 6 rings (SSSR count). The van der Waals surface area contributed by atoms with Crippen molar-refractivity contribution in [3.8, 4) is 0 Å². The first-order valence-corrected chi connectivity index (χ1v) is 17.5. The third-order valence-electron chi connectivity index (χ3n) is 6.99. The highest BCUT2D eigenvalue weighted by Gasteiger charge is 2.55. The fraction of sp³-hybridized carbons (Fsp3) is 0.526. The molecule has 0 bridgehead atoms. The Kier molecular flexibility index (Phi) is 8.37. The number of aliphatic hydroxyl groups is 1. The van der Waals surface area contributed by atoms with Crippen LogP contribution in [0.15, 0.2) is 17.4 Å². The third-order valence-corrected chi connectivity index (χ3v) is 10.6. The highest BCUT2D eigenvalue weighted by Crippen LogP contribution is 2.59. The van der Waals surface area contributed by atoms with Crippen molar-refractivity contribution in [2.24, 2.45) is 0 Å². The van der Waals surface area contributed by atoms with Gasteiger partial charge in [0.2, 0.25) is 5.95 Å². The molecule has 4 aromatic rings. The summed E-state index contributed by atoms with van der Waals surface area (Å²) in [5.74, 6) is -0.289. The van der Waals surface area contributed by atoms with Crippen LogP contribution in [0.5, 0.6) is 0 Å². The number of nitrogens with one attached hydrogen (secondary N) is 1. The second-order valence-corrected chi connectivity index (χ2v) is 14.9. The Hall–Kier alpha value is -2.85. The quantitative estimate of drug-likeness (QED) is 0.0963. The maximum absolute atomic E-state index is 15.9. The van der Waals surface area contributed by atoms with Crippen LogP contribution in [-0.2, 0) is 34.9 Å². The molecule has 0 saturated carbocycles. The number of H-pyrrole nitrogens is 1. The number of aromatic nitrogens is 9. The topological polar surface area (TPSA) is 267 Å². The van der Waals surface area contributed by atoms with Gasteiger partial charge in [0.05, 0.1) is 12.9 Å². The van der Waals surface area contributed by atoms with E-state index in [4.69, 9.17) is 41.8 Å². The smallest absolute Gasteiger partial charge is 0.387 e. The summed E-state index contributed by atoms with van der Waals surface area (Å²) in [4.78, 5) is 41.8. The number of alkyl halides is 2. The zero-order chi connectivity index (χ0) is 31.5. The summed E-state index contributed by atoms with van der Waals surface area (Å²) in [6, 6.07) is 0. The summed E-state index contributed by atoms with van der Waals surface area (Å²) in [7, 11) is -2.44. The predicted molar refractivity (Wildman–Crippen MR) is 152 cm³/mol. The van der Waals surface area contributed by atoms with Gasteiger partial charge in [-0.15, -0.1) is 9.62 Å². The lowest BCUT2D eigenvalue weighted by Gasteiger charge is -2.29. The minimum absolute atomic E-state index is 0.0109. The minimum Gasteiger partial charge on any atom is -0.387 e. The first-order valence-electron chi connectivity index (χ1n) is 12.4. The number of nitrogens with zero attached hydrogens (tertiary/aromatic N) is 8. The number of halogens is 2. The molecule has 7 N–H and O–H groups in total. The highest BCUT2D eigenvalue weighted by atomic mass is 32.7. The number of hydrogen-bond donors (Lipinski definition) is 6.